The summed E-state index contributed by atoms with van der Waals surface area (Å²) in [5, 5.41) is 14.7. The summed E-state index contributed by atoms with van der Waals surface area (Å²) in [4.78, 5) is 36.7. The van der Waals surface area contributed by atoms with Crippen LogP contribution in [0.2, 0.25) is 0 Å². The predicted molar refractivity (Wildman–Crippen MR) is 125 cm³/mol. The minimum Gasteiger partial charge on any atom is -0.479 e. The van der Waals surface area contributed by atoms with Crippen molar-refractivity contribution in [3.8, 4) is 11.1 Å². The summed E-state index contributed by atoms with van der Waals surface area (Å²) >= 11 is 0. The van der Waals surface area contributed by atoms with E-state index in [9.17, 15) is 19.5 Å². The Bertz CT molecular complexity index is 1020. The van der Waals surface area contributed by atoms with E-state index in [0.29, 0.717) is 13.0 Å². The second kappa shape index (κ2) is 10.3. The van der Waals surface area contributed by atoms with Gasteiger partial charge in [-0.1, -0.05) is 62.4 Å². The number of benzene rings is 2. The average molecular weight is 467 g/mol. The molecule has 1 aliphatic carbocycles. The van der Waals surface area contributed by atoms with Gasteiger partial charge < -0.3 is 25.2 Å². The smallest absolute Gasteiger partial charge is 0.407 e. The number of rotatable bonds is 8. The maximum Gasteiger partial charge on any atom is 0.407 e. The molecular formula is C26H30N2O6. The lowest BCUT2D eigenvalue weighted by atomic mass is 9.98. The van der Waals surface area contributed by atoms with Crippen molar-refractivity contribution in [2.45, 2.75) is 38.3 Å². The lowest BCUT2D eigenvalue weighted by Crippen LogP contribution is -2.51. The Labute approximate surface area is 198 Å². The largest absolute Gasteiger partial charge is 0.479 e. The van der Waals surface area contributed by atoms with Crippen molar-refractivity contribution in [3.05, 3.63) is 59.7 Å². The molecular weight excluding hydrogens is 436 g/mol. The number of carboxylic acids is 1. The van der Waals surface area contributed by atoms with Crippen LogP contribution in [0.4, 0.5) is 4.79 Å². The highest BCUT2D eigenvalue weighted by atomic mass is 16.5. The molecule has 1 aliphatic heterocycles. The van der Waals surface area contributed by atoms with E-state index in [1.807, 2.05) is 50.2 Å². The minimum absolute atomic E-state index is 0.0696. The van der Waals surface area contributed by atoms with Crippen molar-refractivity contribution in [2.24, 2.45) is 11.8 Å². The number of ether oxygens (including phenoxy) is 2. The summed E-state index contributed by atoms with van der Waals surface area (Å²) in [6, 6.07) is 15.4. The first-order valence-corrected chi connectivity index (χ1v) is 11.6. The van der Waals surface area contributed by atoms with E-state index < -0.39 is 24.2 Å². The first kappa shape index (κ1) is 23.8. The standard InChI is InChI=1S/C26H30N2O6/c1-15(2)22(24(29)27-13-16-11-12-33-23(16)25(30)31)28-26(32)34-14-21-19-9-5-3-7-17(19)18-8-4-6-10-20(18)21/h3-10,15-16,21-23H,11-14H2,1-2H3,(H,27,29)(H,28,32)(H,30,31)/t16?,22-,23?/m0/s1. The van der Waals surface area contributed by atoms with E-state index in [1.165, 1.54) is 0 Å². The molecule has 4 rings (SSSR count). The molecule has 2 aromatic rings. The summed E-state index contributed by atoms with van der Waals surface area (Å²) in [6.45, 7) is 4.33. The zero-order valence-corrected chi connectivity index (χ0v) is 19.3. The number of carbonyl (C=O) groups is 3. The van der Waals surface area contributed by atoms with Crippen molar-refractivity contribution in [3.63, 3.8) is 0 Å². The van der Waals surface area contributed by atoms with Gasteiger partial charge in [-0.15, -0.1) is 0 Å². The van der Waals surface area contributed by atoms with Crippen LogP contribution >= 0.6 is 0 Å². The summed E-state index contributed by atoms with van der Waals surface area (Å²) in [5.41, 5.74) is 4.51. The van der Waals surface area contributed by atoms with Gasteiger partial charge in [0.25, 0.3) is 0 Å². The number of nitrogens with one attached hydrogen (secondary N) is 2. The summed E-state index contributed by atoms with van der Waals surface area (Å²) in [5.74, 6) is -1.97. The van der Waals surface area contributed by atoms with Gasteiger partial charge in [0, 0.05) is 25.0 Å². The molecule has 1 heterocycles. The molecule has 3 N–H and O–H groups in total. The van der Waals surface area contributed by atoms with Gasteiger partial charge in [0.1, 0.15) is 12.6 Å². The SMILES string of the molecule is CC(C)[C@H](NC(=O)OCC1c2ccccc2-c2ccccc21)C(=O)NCC1CCOC1C(=O)O. The van der Waals surface area contributed by atoms with Crippen molar-refractivity contribution < 1.29 is 29.0 Å². The number of hydrogen-bond donors (Lipinski definition) is 3. The van der Waals surface area contributed by atoms with Gasteiger partial charge in [-0.25, -0.2) is 9.59 Å². The summed E-state index contributed by atoms with van der Waals surface area (Å²) < 4.78 is 10.8. The Kier molecular flexibility index (Phi) is 7.17. The molecule has 0 aromatic heterocycles. The first-order chi connectivity index (χ1) is 16.4. The molecule has 2 amide bonds. The monoisotopic (exact) mass is 466 g/mol. The molecule has 3 atom stereocenters. The molecule has 34 heavy (non-hydrogen) atoms. The number of hydrogen-bond acceptors (Lipinski definition) is 5. The highest BCUT2D eigenvalue weighted by Crippen LogP contribution is 2.44. The lowest BCUT2D eigenvalue weighted by Gasteiger charge is -2.23. The molecule has 8 nitrogen and oxygen atoms in total. The molecule has 0 radical (unpaired) electrons. The molecule has 2 aromatic carbocycles. The third-order valence-corrected chi connectivity index (χ3v) is 6.56. The lowest BCUT2D eigenvalue weighted by molar-refractivity contribution is -0.149. The quantitative estimate of drug-likeness (QED) is 0.551. The number of amides is 2. The normalized spacial score (nSPS) is 19.9. The van der Waals surface area contributed by atoms with Crippen LogP contribution in [0.25, 0.3) is 11.1 Å². The van der Waals surface area contributed by atoms with Crippen LogP contribution in [0, 0.1) is 11.8 Å². The van der Waals surface area contributed by atoms with E-state index in [4.69, 9.17) is 9.47 Å². The van der Waals surface area contributed by atoms with Gasteiger partial charge in [0.2, 0.25) is 5.91 Å². The Morgan fingerprint density at radius 3 is 2.26 bits per heavy atom. The van der Waals surface area contributed by atoms with Gasteiger partial charge in [0.05, 0.1) is 0 Å². The zero-order chi connectivity index (χ0) is 24.2. The molecule has 0 saturated carbocycles. The van der Waals surface area contributed by atoms with Crippen molar-refractivity contribution >= 4 is 18.0 Å². The maximum absolute atomic E-state index is 12.8. The molecule has 2 aliphatic rings. The van der Waals surface area contributed by atoms with Gasteiger partial charge in [-0.2, -0.15) is 0 Å². The number of fused-ring (bicyclic) bond motifs is 3. The average Bonchev–Trinajstić information content (AvgIpc) is 3.42. The van der Waals surface area contributed by atoms with Crippen LogP contribution in [0.3, 0.4) is 0 Å². The van der Waals surface area contributed by atoms with E-state index in [0.717, 1.165) is 22.3 Å². The molecule has 8 heteroatoms. The van der Waals surface area contributed by atoms with Gasteiger partial charge >= 0.3 is 12.1 Å². The zero-order valence-electron chi connectivity index (χ0n) is 19.3. The van der Waals surface area contributed by atoms with Crippen LogP contribution in [-0.2, 0) is 19.1 Å². The molecule has 180 valence electrons. The van der Waals surface area contributed by atoms with Crippen molar-refractivity contribution in [1.82, 2.24) is 10.6 Å². The molecule has 0 bridgehead atoms. The summed E-state index contributed by atoms with van der Waals surface area (Å²) in [7, 11) is 0. The Morgan fingerprint density at radius 1 is 1.06 bits per heavy atom. The van der Waals surface area contributed by atoms with Crippen LogP contribution in [0.15, 0.2) is 48.5 Å². The van der Waals surface area contributed by atoms with Crippen LogP contribution in [-0.4, -0.2) is 55.0 Å². The maximum atomic E-state index is 12.8. The van der Waals surface area contributed by atoms with E-state index in [2.05, 4.69) is 22.8 Å². The fraction of sp³-hybridized carbons (Fsp3) is 0.423. The number of aliphatic carboxylic acids is 1. The van der Waals surface area contributed by atoms with Crippen LogP contribution in [0.5, 0.6) is 0 Å². The van der Waals surface area contributed by atoms with E-state index >= 15 is 0 Å². The first-order valence-electron chi connectivity index (χ1n) is 11.6. The van der Waals surface area contributed by atoms with Gasteiger partial charge in [-0.3, -0.25) is 4.79 Å². The Balaban J connectivity index is 1.35. The third-order valence-electron chi connectivity index (χ3n) is 6.56. The minimum atomic E-state index is -1.03. The number of carbonyl (C=O) groups excluding carboxylic acids is 2. The number of carboxylic acid groups (broad SMARTS) is 1. The van der Waals surface area contributed by atoms with E-state index in [1.54, 1.807) is 0 Å². The topological polar surface area (TPSA) is 114 Å². The second-order valence-electron chi connectivity index (χ2n) is 9.12. The number of alkyl carbamates (subject to hydrolysis) is 1. The molecule has 2 unspecified atom stereocenters. The van der Waals surface area contributed by atoms with Crippen molar-refractivity contribution in [2.75, 3.05) is 19.8 Å². The van der Waals surface area contributed by atoms with Crippen LogP contribution < -0.4 is 10.6 Å². The molecule has 1 fully saturated rings. The third kappa shape index (κ3) is 4.92. The highest BCUT2D eigenvalue weighted by molar-refractivity contribution is 5.86. The van der Waals surface area contributed by atoms with E-state index in [-0.39, 0.29) is 36.8 Å². The molecule has 0 spiro atoms. The summed E-state index contributed by atoms with van der Waals surface area (Å²) in [6.07, 6.45) is -1.03. The Morgan fingerprint density at radius 2 is 1.68 bits per heavy atom. The fourth-order valence-electron chi connectivity index (χ4n) is 4.76. The second-order valence-corrected chi connectivity index (χ2v) is 9.12. The van der Waals surface area contributed by atoms with Crippen molar-refractivity contribution in [1.29, 1.82) is 0 Å². The van der Waals surface area contributed by atoms with Gasteiger partial charge in [0.15, 0.2) is 6.10 Å². The fourth-order valence-corrected chi connectivity index (χ4v) is 4.76. The Hall–Kier alpha value is -3.39. The molecule has 1 saturated heterocycles. The van der Waals surface area contributed by atoms with Crippen LogP contribution in [0.1, 0.15) is 37.3 Å². The predicted octanol–water partition coefficient (Wildman–Crippen LogP) is 3.16. The highest BCUT2D eigenvalue weighted by Gasteiger charge is 2.35. The van der Waals surface area contributed by atoms with Gasteiger partial charge in [-0.05, 0) is 34.6 Å².